The maximum absolute atomic E-state index is 11.2. The average Bonchev–Trinajstić information content (AvgIpc) is 0.771. The Hall–Kier alpha value is -6.20. The Morgan fingerprint density at radius 1 is 0.390 bits per heavy atom. The third-order valence-corrected chi connectivity index (χ3v) is 33.7. The summed E-state index contributed by atoms with van der Waals surface area (Å²) in [6, 6.07) is 140. The molecule has 6 N–H and O–H groups in total. The molecule has 16 aromatic rings. The molecule has 0 fully saturated rings. The number of pyridine rings is 2. The molecule has 0 radical (unpaired) electrons. The molecule has 2 aliphatic rings. The van der Waals surface area contributed by atoms with Crippen LogP contribution in [0.25, 0.3) is 11.1 Å². The summed E-state index contributed by atoms with van der Waals surface area (Å²) in [4.78, 5) is 16.8. The Bertz CT molecular complexity index is 5390. The molecule has 0 saturated carbocycles. The van der Waals surface area contributed by atoms with E-state index in [1.54, 1.807) is 30.7 Å². The third kappa shape index (κ3) is 39.8. The summed E-state index contributed by atoms with van der Waals surface area (Å²) in [6.45, 7) is 8.60. The SMILES string of the molecule is CCCCCc1cc(O)c(C2C=C(C)CCC2)c(O)c1-c1cccnc1.CCCCCc1cc(O)c(C2C=C(C)CCC2)c(O)c1Br.O=[P+]([O-])O[O-].OB(O)c1cccnc1.[K+].[K][K].[Pd].c1ccc(P(c2ccccc2)c2ccccc2)cc1.c1ccc(P(c2ccccc2)c2ccccc2)cc1.c1ccc(P(c2ccccc2)c2ccccc2)cc1.c1ccc(P(c2ccccc2)c2ccccc2)cc1. The van der Waals surface area contributed by atoms with Crippen LogP contribution in [-0.4, -0.2) is 111 Å². The predicted octanol–water partition coefficient (Wildman–Crippen LogP) is 19.0. The molecule has 2 aliphatic carbocycles. The van der Waals surface area contributed by atoms with E-state index >= 15 is 0 Å². The van der Waals surface area contributed by atoms with E-state index in [0.717, 1.165) is 104 Å². The van der Waals surface area contributed by atoms with Gasteiger partial charge in [0.15, 0.2) is 0 Å². The van der Waals surface area contributed by atoms with Gasteiger partial charge in [0.1, 0.15) is 23.0 Å². The number of benzene rings is 14. The summed E-state index contributed by atoms with van der Waals surface area (Å²) >= 11 is 6.02. The van der Waals surface area contributed by atoms with Crippen molar-refractivity contribution >= 4 is 195 Å². The maximum atomic E-state index is 11.2. The first-order valence-electron chi connectivity index (χ1n) is 47.6. The van der Waals surface area contributed by atoms with Gasteiger partial charge in [0.05, 0.1) is 4.47 Å². The van der Waals surface area contributed by atoms with E-state index in [1.807, 2.05) is 24.3 Å². The molecule has 2 aromatic heterocycles. The van der Waals surface area contributed by atoms with Crippen molar-refractivity contribution in [1.82, 2.24) is 9.97 Å². The van der Waals surface area contributed by atoms with Crippen LogP contribution in [0.5, 0.6) is 23.0 Å². The number of aryl methyl sites for hydroxylation is 2. The molecule has 14 aromatic carbocycles. The minimum absolute atomic E-state index is 0. The maximum Gasteiger partial charge on any atom is 0 e. The first-order valence-corrected chi connectivity index (χ1v) is 70.9. The van der Waals surface area contributed by atoms with Crippen LogP contribution in [0.2, 0.25) is 0 Å². The number of nitrogens with zero attached hydrogens (tertiary/aromatic N) is 2. The topological polar surface area (TPSA) is 220 Å². The van der Waals surface area contributed by atoms with Crippen molar-refractivity contribution in [2.45, 2.75) is 129 Å². The van der Waals surface area contributed by atoms with Crippen LogP contribution in [0.15, 0.2) is 453 Å². The Morgan fingerprint density at radius 3 is 0.858 bits per heavy atom. The van der Waals surface area contributed by atoms with Crippen LogP contribution >= 0.6 is 55.9 Å². The van der Waals surface area contributed by atoms with Gasteiger partial charge in [0, 0.05) is 84.8 Å². The number of halogens is 1. The fourth-order valence-electron chi connectivity index (χ4n) is 16.4. The summed E-state index contributed by atoms with van der Waals surface area (Å²) < 4.78 is 12.1. The minimum Gasteiger partial charge on any atom is -0.0622 e. The Kier molecular flexibility index (Phi) is 58.8. The van der Waals surface area contributed by atoms with Gasteiger partial charge in [0.2, 0.25) is 0 Å². The second-order valence-electron chi connectivity index (χ2n) is 32.8. The fraction of sp³-hybridized carbons (Fsp3) is 0.169. The molecule has 3 unspecified atom stereocenters. The van der Waals surface area contributed by atoms with Crippen LogP contribution in [0, 0.1) is 0 Å². The number of aromatic nitrogens is 2. The molecule has 18 rings (SSSR count). The molecule has 0 aliphatic heterocycles. The second-order valence-corrected chi connectivity index (χ2v) is 43.1. The number of rotatable bonds is 25. The van der Waals surface area contributed by atoms with Crippen LogP contribution in [0.4, 0.5) is 0 Å². The molecule has 3 atom stereocenters. The molecule has 2 heterocycles. The van der Waals surface area contributed by atoms with Gasteiger partial charge in [-0.05, 0) is 229 Å². The molecule has 0 saturated heterocycles. The van der Waals surface area contributed by atoms with E-state index in [-0.39, 0.29) is 107 Å². The van der Waals surface area contributed by atoms with Gasteiger partial charge in [0.25, 0.3) is 0 Å². The molecule has 23 heteroatoms. The summed E-state index contributed by atoms with van der Waals surface area (Å²) in [6.07, 6.45) is 25.7. The quantitative estimate of drug-likeness (QED) is 0.00786. The standard InChI is InChI=1S/C23H29NO2.C18H25BrO2.4C18H15P.C5H6BNO2.3K.HO4P.Pd/c1-3-4-5-9-18-14-20(25)22(17-10-6-8-16(2)13-17)23(26)21(18)19-11-7-12-24-15-19;1-3-4-5-8-14-11-15(20)16(18(21)17(14)19)13-9-6-7-12(2)10-13;4*1-4-10-16(11-5-1)19(17-12-6-2-7-13-17)18-14-8-3-9-15-18;8-6(9)5-2-1-3-7-4-5;;;;1-4-5(2)3;/h7,11-15,17,25-26H,3-6,8-10H2,1-2H3;10-11,13,20-21H,3-9H2,1-2H3;4*1-15H;1-4,8-9H;;;;1H;/q;;;;;;;;;+1;;/p-1. The summed E-state index contributed by atoms with van der Waals surface area (Å²) in [5.74, 6) is 1.09. The van der Waals surface area contributed by atoms with Crippen LogP contribution in [-0.2, 0) is 42.5 Å². The van der Waals surface area contributed by atoms with E-state index in [4.69, 9.17) is 24.8 Å². The van der Waals surface area contributed by atoms with Crippen molar-refractivity contribution < 1.29 is 122 Å². The van der Waals surface area contributed by atoms with Crippen LogP contribution in [0.1, 0.15) is 139 Å². The average molecular weight is 2200 g/mol. The number of phenols is 4. The van der Waals surface area contributed by atoms with E-state index in [1.165, 1.54) is 157 Å². The van der Waals surface area contributed by atoms with Crippen molar-refractivity contribution in [2.75, 3.05) is 0 Å². The van der Waals surface area contributed by atoms with Gasteiger partial charge >= 0.3 is 130 Å². The zero-order chi connectivity index (χ0) is 98.6. The minimum atomic E-state index is -3.15. The summed E-state index contributed by atoms with van der Waals surface area (Å²) in [5.41, 5.74) is 8.18. The Balaban J connectivity index is 0.000000201. The number of hydrogen-bond donors (Lipinski definition) is 6. The van der Waals surface area contributed by atoms with Gasteiger partial charge in [-0.1, -0.05) is 439 Å². The van der Waals surface area contributed by atoms with Gasteiger partial charge in [-0.25, -0.2) is 4.67 Å². The molecular formula is C118H120BBrK3N2O10P5Pd. The first kappa shape index (κ1) is 120. The first-order chi connectivity index (χ1) is 68.0. The van der Waals surface area contributed by atoms with Gasteiger partial charge in [-0.15, -0.1) is 0 Å². The molecule has 710 valence electrons. The molecule has 141 heavy (non-hydrogen) atoms. The molecule has 12 nitrogen and oxygen atoms in total. The van der Waals surface area contributed by atoms with Crippen molar-refractivity contribution in [3.05, 3.63) is 475 Å². The predicted molar refractivity (Wildman–Crippen MR) is 592 cm³/mol. The molecular weight excluding hydrogens is 2070 g/mol. The number of phenolic OH excluding ortho intramolecular Hbond substituents is 4. The van der Waals surface area contributed by atoms with Crippen molar-refractivity contribution in [1.29, 1.82) is 0 Å². The summed E-state index contributed by atoms with van der Waals surface area (Å²) in [5, 5.41) is 85.2. The smallest absolute Gasteiger partial charge is 0 e. The van der Waals surface area contributed by atoms with E-state index in [0.29, 0.717) is 16.6 Å². The largest absolute Gasteiger partial charge is 0.0622 e. The van der Waals surface area contributed by atoms with E-state index < -0.39 is 47.1 Å². The number of allylic oxidation sites excluding steroid dienone is 4. The van der Waals surface area contributed by atoms with Crippen LogP contribution in [0.3, 0.4) is 0 Å². The number of aromatic hydroxyl groups is 4. The van der Waals surface area contributed by atoms with E-state index in [2.05, 4.69) is 434 Å². The zero-order valence-electron chi connectivity index (χ0n) is 81.3. The van der Waals surface area contributed by atoms with Crippen LogP contribution < -0.4 is 131 Å². The van der Waals surface area contributed by atoms with Crippen molar-refractivity contribution in [3.63, 3.8) is 0 Å². The van der Waals surface area contributed by atoms with Gasteiger partial charge < -0.3 is 40.6 Å². The molecule has 0 spiro atoms. The van der Waals surface area contributed by atoms with Crippen molar-refractivity contribution in [3.8, 4) is 34.1 Å². The van der Waals surface area contributed by atoms with Gasteiger partial charge in [-0.3, -0.25) is 9.97 Å². The van der Waals surface area contributed by atoms with E-state index in [9.17, 15) is 20.4 Å². The summed E-state index contributed by atoms with van der Waals surface area (Å²) in [7, 11) is -6.34. The van der Waals surface area contributed by atoms with Crippen molar-refractivity contribution in [2.24, 2.45) is 0 Å². The molecule has 0 bridgehead atoms. The molecule has 0 amide bonds. The third-order valence-electron chi connectivity index (χ3n) is 22.9. The number of hydrogen-bond acceptors (Lipinski definition) is 12. The Labute approximate surface area is 951 Å². The monoisotopic (exact) mass is 2190 g/mol. The zero-order valence-corrected chi connectivity index (χ0v) is 98.3. The Morgan fingerprint density at radius 2 is 0.638 bits per heavy atom. The second kappa shape index (κ2) is 69.1. The fourth-order valence-corrected chi connectivity index (χ4v) is 26.2. The number of unbranched alkanes of at least 4 members (excludes halogenated alkanes) is 4. The normalized spacial score (nSPS) is 12.7. The van der Waals surface area contributed by atoms with Gasteiger partial charge in [-0.2, -0.15) is 0 Å².